The van der Waals surface area contributed by atoms with Crippen LogP contribution in [-0.2, 0) is 29.3 Å². The summed E-state index contributed by atoms with van der Waals surface area (Å²) < 4.78 is 6.09. The fourth-order valence-corrected chi connectivity index (χ4v) is 4.71. The molecule has 4 rings (SSSR count). The van der Waals surface area contributed by atoms with Gasteiger partial charge in [-0.15, -0.1) is 0 Å². The Morgan fingerprint density at radius 3 is 2.36 bits per heavy atom. The Balaban J connectivity index is 1.40. The molecule has 2 aromatic rings. The standard InChI is InChI=1S/C27H34N4O5/c1-18(27(34)35)14-23(25(28)32)31-16-22-21(26(31)33)4-3-5-24(22)36-17-20-8-6-19(7-9-20)15-30-12-10-29(2)11-13-30/h3-9,18,23H,10-17H2,1-2H3,(H2,28,32)(H,34,35). The minimum atomic E-state index is -1.04. The van der Waals surface area contributed by atoms with E-state index in [2.05, 4.69) is 41.1 Å². The molecule has 3 N–H and O–H groups in total. The third-order valence-corrected chi connectivity index (χ3v) is 7.08. The monoisotopic (exact) mass is 494 g/mol. The maximum absolute atomic E-state index is 13.0. The van der Waals surface area contributed by atoms with Crippen molar-refractivity contribution in [2.24, 2.45) is 11.7 Å². The Hall–Kier alpha value is -3.43. The number of carbonyl (C=O) groups is 3. The van der Waals surface area contributed by atoms with Crippen molar-refractivity contribution in [3.05, 3.63) is 64.7 Å². The fourth-order valence-electron chi connectivity index (χ4n) is 4.71. The quantitative estimate of drug-likeness (QED) is 0.518. The first kappa shape index (κ1) is 25.7. The van der Waals surface area contributed by atoms with Gasteiger partial charge in [-0.3, -0.25) is 19.3 Å². The smallest absolute Gasteiger partial charge is 0.306 e. The number of nitrogens with zero attached hydrogens (tertiary/aromatic N) is 3. The number of hydrogen-bond donors (Lipinski definition) is 2. The maximum atomic E-state index is 13.0. The molecular weight excluding hydrogens is 460 g/mol. The lowest BCUT2D eigenvalue weighted by Crippen LogP contribution is -2.46. The summed E-state index contributed by atoms with van der Waals surface area (Å²) in [5.74, 6) is -2.34. The Bertz CT molecular complexity index is 1110. The summed E-state index contributed by atoms with van der Waals surface area (Å²) >= 11 is 0. The number of carboxylic acids is 1. The zero-order valence-corrected chi connectivity index (χ0v) is 20.9. The molecule has 9 heteroatoms. The van der Waals surface area contributed by atoms with E-state index in [0.29, 0.717) is 23.5 Å². The summed E-state index contributed by atoms with van der Waals surface area (Å²) in [4.78, 5) is 42.6. The average molecular weight is 495 g/mol. The molecule has 2 heterocycles. The fraction of sp³-hybridized carbons (Fsp3) is 0.444. The highest BCUT2D eigenvalue weighted by Gasteiger charge is 2.38. The minimum Gasteiger partial charge on any atom is -0.489 e. The summed E-state index contributed by atoms with van der Waals surface area (Å²) in [6.45, 7) is 7.24. The molecule has 2 amide bonds. The van der Waals surface area contributed by atoms with Crippen LogP contribution in [0.15, 0.2) is 42.5 Å². The van der Waals surface area contributed by atoms with Crippen molar-refractivity contribution in [1.82, 2.24) is 14.7 Å². The predicted molar refractivity (Wildman–Crippen MR) is 134 cm³/mol. The van der Waals surface area contributed by atoms with Crippen LogP contribution in [0.4, 0.5) is 0 Å². The number of ether oxygens (including phenoxy) is 1. The molecule has 2 unspecified atom stereocenters. The molecule has 1 fully saturated rings. The van der Waals surface area contributed by atoms with Crippen molar-refractivity contribution >= 4 is 17.8 Å². The summed E-state index contributed by atoms with van der Waals surface area (Å²) in [6, 6.07) is 12.6. The van der Waals surface area contributed by atoms with Gasteiger partial charge >= 0.3 is 5.97 Å². The number of fused-ring (bicyclic) bond motifs is 1. The van der Waals surface area contributed by atoms with Crippen molar-refractivity contribution in [1.29, 1.82) is 0 Å². The third-order valence-electron chi connectivity index (χ3n) is 7.08. The molecule has 0 aromatic heterocycles. The number of benzene rings is 2. The highest BCUT2D eigenvalue weighted by Crippen LogP contribution is 2.33. The molecule has 192 valence electrons. The Kier molecular flexibility index (Phi) is 7.91. The molecule has 0 spiro atoms. The number of likely N-dealkylation sites (N-methyl/N-ethyl adjacent to an activating group) is 1. The highest BCUT2D eigenvalue weighted by molar-refractivity contribution is 6.01. The molecular formula is C27H34N4O5. The van der Waals surface area contributed by atoms with Crippen LogP contribution >= 0.6 is 0 Å². The van der Waals surface area contributed by atoms with Crippen molar-refractivity contribution in [2.75, 3.05) is 33.2 Å². The molecule has 2 aromatic carbocycles. The number of piperazine rings is 1. The molecule has 0 aliphatic carbocycles. The molecule has 9 nitrogen and oxygen atoms in total. The first-order valence-corrected chi connectivity index (χ1v) is 12.3. The van der Waals surface area contributed by atoms with E-state index in [1.807, 2.05) is 0 Å². The van der Waals surface area contributed by atoms with Gasteiger partial charge in [-0.1, -0.05) is 37.3 Å². The highest BCUT2D eigenvalue weighted by atomic mass is 16.5. The molecule has 0 bridgehead atoms. The molecule has 36 heavy (non-hydrogen) atoms. The van der Waals surface area contributed by atoms with Crippen LogP contribution < -0.4 is 10.5 Å². The predicted octanol–water partition coefficient (Wildman–Crippen LogP) is 1.93. The van der Waals surface area contributed by atoms with Crippen molar-refractivity contribution < 1.29 is 24.2 Å². The van der Waals surface area contributed by atoms with Gasteiger partial charge in [-0.05, 0) is 36.7 Å². The van der Waals surface area contributed by atoms with Crippen molar-refractivity contribution in [2.45, 2.75) is 39.1 Å². The topological polar surface area (TPSA) is 116 Å². The van der Waals surface area contributed by atoms with Crippen LogP contribution in [0.1, 0.15) is 40.4 Å². The third kappa shape index (κ3) is 5.85. The van der Waals surface area contributed by atoms with Crippen LogP contribution in [0.2, 0.25) is 0 Å². The number of nitrogens with two attached hydrogens (primary N) is 1. The molecule has 0 radical (unpaired) electrons. The van der Waals surface area contributed by atoms with Crippen LogP contribution in [0.5, 0.6) is 5.75 Å². The Labute approximate surface area is 211 Å². The Morgan fingerprint density at radius 1 is 1.06 bits per heavy atom. The second-order valence-corrected chi connectivity index (χ2v) is 9.79. The van der Waals surface area contributed by atoms with E-state index in [1.165, 1.54) is 17.4 Å². The lowest BCUT2D eigenvalue weighted by atomic mass is 10.0. The van der Waals surface area contributed by atoms with Crippen LogP contribution in [0, 0.1) is 5.92 Å². The number of carboxylic acid groups (broad SMARTS) is 1. The summed E-state index contributed by atoms with van der Waals surface area (Å²) in [5, 5.41) is 9.25. The first-order valence-electron chi connectivity index (χ1n) is 12.3. The molecule has 2 aliphatic heterocycles. The maximum Gasteiger partial charge on any atom is 0.306 e. The van der Waals surface area contributed by atoms with Gasteiger partial charge < -0.3 is 25.4 Å². The minimum absolute atomic E-state index is 0.0406. The van der Waals surface area contributed by atoms with Crippen LogP contribution in [0.25, 0.3) is 0 Å². The van der Waals surface area contributed by atoms with Gasteiger partial charge in [0.05, 0.1) is 12.5 Å². The van der Waals surface area contributed by atoms with Gasteiger partial charge in [0.1, 0.15) is 18.4 Å². The normalized spacial score (nSPS) is 18.1. The van der Waals surface area contributed by atoms with E-state index in [1.54, 1.807) is 18.2 Å². The SMILES string of the molecule is CC(CC(C(N)=O)N1Cc2c(OCc3ccc(CN4CCN(C)CC4)cc3)cccc2C1=O)C(=O)O. The van der Waals surface area contributed by atoms with Crippen molar-refractivity contribution in [3.63, 3.8) is 0 Å². The number of carbonyl (C=O) groups excluding carboxylic acids is 2. The van der Waals surface area contributed by atoms with E-state index in [9.17, 15) is 19.5 Å². The number of amides is 2. The molecule has 1 saturated heterocycles. The van der Waals surface area contributed by atoms with Crippen molar-refractivity contribution in [3.8, 4) is 5.75 Å². The second kappa shape index (κ2) is 11.1. The van der Waals surface area contributed by atoms with Gasteiger partial charge in [-0.25, -0.2) is 0 Å². The largest absolute Gasteiger partial charge is 0.489 e. The van der Waals surface area contributed by atoms with E-state index in [4.69, 9.17) is 10.5 Å². The summed E-state index contributed by atoms with van der Waals surface area (Å²) in [6.07, 6.45) is -0.0406. The van der Waals surface area contributed by atoms with Crippen LogP contribution in [0.3, 0.4) is 0 Å². The van der Waals surface area contributed by atoms with Gasteiger partial charge in [0.2, 0.25) is 5.91 Å². The van der Waals surface area contributed by atoms with E-state index < -0.39 is 23.8 Å². The number of aliphatic carboxylic acids is 1. The lowest BCUT2D eigenvalue weighted by molar-refractivity contribution is -0.142. The molecule has 0 saturated carbocycles. The van der Waals surface area contributed by atoms with Gasteiger partial charge in [0.25, 0.3) is 5.91 Å². The Morgan fingerprint density at radius 2 is 1.72 bits per heavy atom. The molecule has 2 aliphatic rings. The number of rotatable bonds is 10. The van der Waals surface area contributed by atoms with E-state index in [-0.39, 0.29) is 18.9 Å². The summed E-state index contributed by atoms with van der Waals surface area (Å²) in [5.41, 5.74) is 8.96. The van der Waals surface area contributed by atoms with Crippen LogP contribution in [-0.4, -0.2) is 76.9 Å². The average Bonchev–Trinajstić information content (AvgIpc) is 3.19. The second-order valence-electron chi connectivity index (χ2n) is 9.79. The zero-order chi connectivity index (χ0) is 25.8. The molecule has 2 atom stereocenters. The lowest BCUT2D eigenvalue weighted by Gasteiger charge is -2.32. The van der Waals surface area contributed by atoms with Gasteiger partial charge in [0, 0.05) is 43.9 Å². The number of hydrogen-bond acceptors (Lipinski definition) is 6. The van der Waals surface area contributed by atoms with E-state index in [0.717, 1.165) is 38.3 Å². The summed E-state index contributed by atoms with van der Waals surface area (Å²) in [7, 11) is 2.15. The van der Waals surface area contributed by atoms with Gasteiger partial charge in [0.15, 0.2) is 0 Å². The number of primary amides is 1. The van der Waals surface area contributed by atoms with E-state index >= 15 is 0 Å². The first-order chi connectivity index (χ1) is 17.2. The van der Waals surface area contributed by atoms with Gasteiger partial charge in [-0.2, -0.15) is 0 Å². The zero-order valence-electron chi connectivity index (χ0n) is 20.9.